The lowest BCUT2D eigenvalue weighted by molar-refractivity contribution is -0.127. The first kappa shape index (κ1) is 25.3. The van der Waals surface area contributed by atoms with E-state index in [0.717, 1.165) is 10.5 Å². The van der Waals surface area contributed by atoms with Crippen LogP contribution in [0.3, 0.4) is 0 Å². The Labute approximate surface area is 214 Å². The summed E-state index contributed by atoms with van der Waals surface area (Å²) in [6, 6.07) is 21.2. The van der Waals surface area contributed by atoms with Gasteiger partial charge >= 0.3 is 6.03 Å². The summed E-state index contributed by atoms with van der Waals surface area (Å²) in [6.45, 7) is 2.21. The predicted octanol–water partition coefficient (Wildman–Crippen LogP) is 4.20. The van der Waals surface area contributed by atoms with Crippen LogP contribution in [0.2, 0.25) is 0 Å². The Morgan fingerprint density at radius 1 is 0.946 bits per heavy atom. The fourth-order valence-electron chi connectivity index (χ4n) is 3.70. The molecule has 37 heavy (non-hydrogen) atoms. The zero-order chi connectivity index (χ0) is 26.2. The highest BCUT2D eigenvalue weighted by Crippen LogP contribution is 2.30. The fourth-order valence-corrected chi connectivity index (χ4v) is 3.70. The van der Waals surface area contributed by atoms with Crippen LogP contribution in [0.15, 0.2) is 78.5 Å². The molecule has 0 radical (unpaired) electrons. The molecule has 0 unspecified atom stereocenters. The van der Waals surface area contributed by atoms with Crippen molar-refractivity contribution in [2.75, 3.05) is 25.6 Å². The van der Waals surface area contributed by atoms with Crippen molar-refractivity contribution in [2.45, 2.75) is 13.5 Å². The second-order valence-corrected chi connectivity index (χ2v) is 8.04. The second-order valence-electron chi connectivity index (χ2n) is 8.04. The molecule has 0 saturated carbocycles. The highest BCUT2D eigenvalue weighted by molar-refractivity contribution is 6.16. The number of benzene rings is 3. The van der Waals surface area contributed by atoms with Crippen molar-refractivity contribution in [3.8, 4) is 17.2 Å². The minimum absolute atomic E-state index is 0.0514. The second kappa shape index (κ2) is 11.8. The Hall–Kier alpha value is -4.79. The topological polar surface area (TPSA) is 106 Å². The molecular weight excluding hydrogens is 474 g/mol. The van der Waals surface area contributed by atoms with Crippen molar-refractivity contribution < 1.29 is 28.6 Å². The molecular formula is C28H27N3O6. The van der Waals surface area contributed by atoms with Crippen molar-refractivity contribution >= 4 is 29.6 Å². The lowest BCUT2D eigenvalue weighted by Crippen LogP contribution is -2.38. The van der Waals surface area contributed by atoms with Crippen LogP contribution in [0.5, 0.6) is 17.2 Å². The molecule has 0 atom stereocenters. The van der Waals surface area contributed by atoms with Gasteiger partial charge in [0.25, 0.3) is 5.91 Å². The van der Waals surface area contributed by atoms with Gasteiger partial charge in [-0.05, 0) is 48.4 Å². The Kier molecular flexibility index (Phi) is 8.05. The molecule has 0 aliphatic carbocycles. The van der Waals surface area contributed by atoms with Crippen LogP contribution < -0.4 is 24.8 Å². The van der Waals surface area contributed by atoms with Gasteiger partial charge in [-0.3, -0.25) is 9.59 Å². The molecule has 3 aromatic carbocycles. The van der Waals surface area contributed by atoms with Gasteiger partial charge in [0.15, 0.2) is 11.5 Å². The number of hydrogen-bond acceptors (Lipinski definition) is 6. The van der Waals surface area contributed by atoms with E-state index in [-0.39, 0.29) is 5.70 Å². The number of amides is 4. The first-order valence-corrected chi connectivity index (χ1v) is 11.7. The van der Waals surface area contributed by atoms with Crippen LogP contribution in [0.1, 0.15) is 18.1 Å². The van der Waals surface area contributed by atoms with E-state index < -0.39 is 24.4 Å². The van der Waals surface area contributed by atoms with Crippen LogP contribution in [0.25, 0.3) is 6.08 Å². The first-order valence-electron chi connectivity index (χ1n) is 11.7. The zero-order valence-corrected chi connectivity index (χ0v) is 20.5. The molecule has 1 saturated heterocycles. The Bertz CT molecular complexity index is 1320. The maximum absolute atomic E-state index is 12.9. The SMILES string of the molecule is CCOc1cc(/C=C2/NC(=O)N(CC(=O)Nc3ccccc3OC)C2=O)ccc1OCc1ccccc1. The van der Waals surface area contributed by atoms with Gasteiger partial charge in [0, 0.05) is 0 Å². The number of urea groups is 1. The largest absolute Gasteiger partial charge is 0.495 e. The van der Waals surface area contributed by atoms with Crippen LogP contribution in [-0.4, -0.2) is 43.0 Å². The first-order chi connectivity index (χ1) is 18.0. The van der Waals surface area contributed by atoms with E-state index in [4.69, 9.17) is 14.2 Å². The van der Waals surface area contributed by atoms with Gasteiger partial charge < -0.3 is 24.8 Å². The molecule has 4 amide bonds. The van der Waals surface area contributed by atoms with Crippen LogP contribution >= 0.6 is 0 Å². The van der Waals surface area contributed by atoms with Crippen LogP contribution in [0.4, 0.5) is 10.5 Å². The molecule has 1 aliphatic rings. The monoisotopic (exact) mass is 501 g/mol. The van der Waals surface area contributed by atoms with Crippen molar-refractivity contribution in [3.63, 3.8) is 0 Å². The zero-order valence-electron chi connectivity index (χ0n) is 20.5. The number of nitrogens with zero attached hydrogens (tertiary/aromatic N) is 1. The highest BCUT2D eigenvalue weighted by Gasteiger charge is 2.35. The molecule has 1 fully saturated rings. The molecule has 4 rings (SSSR count). The molecule has 2 N–H and O–H groups in total. The van der Waals surface area contributed by atoms with E-state index >= 15 is 0 Å². The summed E-state index contributed by atoms with van der Waals surface area (Å²) in [5.74, 6) is 0.396. The number of para-hydroxylation sites is 2. The van der Waals surface area contributed by atoms with Gasteiger partial charge in [-0.25, -0.2) is 9.69 Å². The third-order valence-electron chi connectivity index (χ3n) is 5.46. The summed E-state index contributed by atoms with van der Waals surface area (Å²) < 4.78 is 16.9. The van der Waals surface area contributed by atoms with Crippen molar-refractivity contribution in [2.24, 2.45) is 0 Å². The van der Waals surface area contributed by atoms with Crippen molar-refractivity contribution in [1.82, 2.24) is 10.2 Å². The van der Waals surface area contributed by atoms with Crippen LogP contribution in [-0.2, 0) is 16.2 Å². The molecule has 0 aromatic heterocycles. The van der Waals surface area contributed by atoms with E-state index in [1.165, 1.54) is 13.2 Å². The van der Waals surface area contributed by atoms with Gasteiger partial charge in [-0.15, -0.1) is 0 Å². The van der Waals surface area contributed by atoms with Gasteiger partial charge in [-0.2, -0.15) is 0 Å². The van der Waals surface area contributed by atoms with Gasteiger partial charge in [0.1, 0.15) is 24.6 Å². The molecule has 9 nitrogen and oxygen atoms in total. The Morgan fingerprint density at radius 2 is 1.70 bits per heavy atom. The number of hydrogen-bond donors (Lipinski definition) is 2. The molecule has 1 heterocycles. The minimum atomic E-state index is -0.681. The van der Waals surface area contributed by atoms with Gasteiger partial charge in [-0.1, -0.05) is 48.5 Å². The Balaban J connectivity index is 1.45. The van der Waals surface area contributed by atoms with E-state index in [0.29, 0.717) is 41.7 Å². The number of ether oxygens (including phenoxy) is 3. The smallest absolute Gasteiger partial charge is 0.329 e. The normalized spacial score (nSPS) is 13.9. The summed E-state index contributed by atoms with van der Waals surface area (Å²) in [5.41, 5.74) is 2.14. The van der Waals surface area contributed by atoms with E-state index in [1.807, 2.05) is 37.3 Å². The molecule has 0 spiro atoms. The quantitative estimate of drug-likeness (QED) is 0.319. The summed E-state index contributed by atoms with van der Waals surface area (Å²) >= 11 is 0. The minimum Gasteiger partial charge on any atom is -0.495 e. The summed E-state index contributed by atoms with van der Waals surface area (Å²) in [5, 5.41) is 5.19. The summed E-state index contributed by atoms with van der Waals surface area (Å²) in [4.78, 5) is 38.7. The van der Waals surface area contributed by atoms with Crippen molar-refractivity contribution in [3.05, 3.63) is 89.6 Å². The number of imide groups is 1. The average Bonchev–Trinajstić information content (AvgIpc) is 3.16. The summed E-state index contributed by atoms with van der Waals surface area (Å²) in [7, 11) is 1.48. The highest BCUT2D eigenvalue weighted by atomic mass is 16.5. The lowest BCUT2D eigenvalue weighted by Gasteiger charge is -2.13. The standard InChI is InChI=1S/C28H27N3O6/c1-3-36-25-16-20(13-14-24(25)37-18-19-9-5-4-6-10-19)15-22-27(33)31(28(34)30-22)17-26(32)29-21-11-7-8-12-23(21)35-2/h4-16H,3,17-18H2,1-2H3,(H,29,32)(H,30,34)/b22-15+. The molecule has 3 aromatic rings. The Morgan fingerprint density at radius 3 is 2.46 bits per heavy atom. The average molecular weight is 502 g/mol. The maximum Gasteiger partial charge on any atom is 0.329 e. The molecule has 9 heteroatoms. The summed E-state index contributed by atoms with van der Waals surface area (Å²) in [6.07, 6.45) is 1.53. The lowest BCUT2D eigenvalue weighted by atomic mass is 10.1. The number of rotatable bonds is 10. The van der Waals surface area contributed by atoms with Crippen LogP contribution in [0, 0.1) is 0 Å². The number of carbonyl (C=O) groups is 3. The third kappa shape index (κ3) is 6.26. The van der Waals surface area contributed by atoms with Gasteiger partial charge in [0.2, 0.25) is 5.91 Å². The number of anilines is 1. The number of carbonyl (C=O) groups excluding carboxylic acids is 3. The van der Waals surface area contributed by atoms with E-state index in [1.54, 1.807) is 42.5 Å². The van der Waals surface area contributed by atoms with E-state index in [2.05, 4.69) is 10.6 Å². The molecule has 0 bridgehead atoms. The van der Waals surface area contributed by atoms with E-state index in [9.17, 15) is 14.4 Å². The maximum atomic E-state index is 12.9. The van der Waals surface area contributed by atoms with Gasteiger partial charge in [0.05, 0.1) is 19.4 Å². The fraction of sp³-hybridized carbons (Fsp3) is 0.179. The number of nitrogens with one attached hydrogen (secondary N) is 2. The molecule has 1 aliphatic heterocycles. The third-order valence-corrected chi connectivity index (χ3v) is 5.46. The number of methoxy groups -OCH3 is 1. The predicted molar refractivity (Wildman–Crippen MR) is 138 cm³/mol. The van der Waals surface area contributed by atoms with Crippen molar-refractivity contribution in [1.29, 1.82) is 0 Å². The molecule has 190 valence electrons.